The highest BCUT2D eigenvalue weighted by molar-refractivity contribution is 7.87. The van der Waals surface area contributed by atoms with Gasteiger partial charge in [0.1, 0.15) is 23.1 Å². The molecular formula is C24H30ClF3N4O7S. The molecule has 0 spiro atoms. The zero-order valence-corrected chi connectivity index (χ0v) is 23.4. The van der Waals surface area contributed by atoms with E-state index in [-0.39, 0.29) is 49.4 Å². The number of carbonyl (C=O) groups excluding carboxylic acids is 1. The Morgan fingerprint density at radius 3 is 2.50 bits per heavy atom. The van der Waals surface area contributed by atoms with Gasteiger partial charge in [-0.1, -0.05) is 17.7 Å². The Balaban J connectivity index is 1.62. The Bertz CT molecular complexity index is 1260. The third-order valence-electron chi connectivity index (χ3n) is 5.77. The molecule has 2 aromatic rings. The summed E-state index contributed by atoms with van der Waals surface area (Å²) in [6, 6.07) is 5.57. The minimum Gasteiger partial charge on any atom is -0.491 e. The van der Waals surface area contributed by atoms with E-state index in [9.17, 15) is 26.4 Å². The quantitative estimate of drug-likeness (QED) is 0.359. The van der Waals surface area contributed by atoms with Crippen molar-refractivity contribution in [1.29, 1.82) is 0 Å². The summed E-state index contributed by atoms with van der Waals surface area (Å²) in [4.78, 5) is 17.8. The number of likely N-dealkylation sites (N-methyl/N-ethyl adjacent to an activating group) is 1. The second kappa shape index (κ2) is 14.2. The van der Waals surface area contributed by atoms with Crippen LogP contribution in [0.3, 0.4) is 0 Å². The van der Waals surface area contributed by atoms with E-state index in [0.29, 0.717) is 49.7 Å². The van der Waals surface area contributed by atoms with E-state index < -0.39 is 28.0 Å². The van der Waals surface area contributed by atoms with Gasteiger partial charge in [-0.25, -0.2) is 14.5 Å². The van der Waals surface area contributed by atoms with Crippen molar-refractivity contribution in [2.24, 2.45) is 0 Å². The average molecular weight is 611 g/mol. The number of carbonyl (C=O) groups is 1. The van der Waals surface area contributed by atoms with Gasteiger partial charge in [-0.15, -0.1) is 0 Å². The van der Waals surface area contributed by atoms with Crippen molar-refractivity contribution >= 4 is 27.9 Å². The molecule has 1 saturated heterocycles. The summed E-state index contributed by atoms with van der Waals surface area (Å²) in [7, 11) is -0.627. The Hall–Kier alpha value is -2.85. The number of benzene rings is 1. The maximum absolute atomic E-state index is 13.0. The highest BCUT2D eigenvalue weighted by atomic mass is 35.5. The Labute approximate surface area is 235 Å². The lowest BCUT2D eigenvalue weighted by atomic mass is 10.1. The topological polar surface area (TPSA) is 120 Å². The van der Waals surface area contributed by atoms with E-state index in [1.807, 2.05) is 16.7 Å². The Kier molecular flexibility index (Phi) is 11.2. The highest BCUT2D eigenvalue weighted by Gasteiger charge is 2.32. The van der Waals surface area contributed by atoms with Crippen LogP contribution in [0.5, 0.6) is 17.4 Å². The molecule has 1 amide bonds. The lowest BCUT2D eigenvalue weighted by Gasteiger charge is -2.31. The molecule has 1 aliphatic heterocycles. The van der Waals surface area contributed by atoms with Gasteiger partial charge >= 0.3 is 22.5 Å². The second-order valence-corrected chi connectivity index (χ2v) is 10.8. The number of rotatable bonds is 12. The molecule has 2 heterocycles. The normalized spacial score (nSPS) is 15.1. The average Bonchev–Trinajstić information content (AvgIpc) is 2.88. The van der Waals surface area contributed by atoms with Gasteiger partial charge in [0.05, 0.1) is 18.8 Å². The van der Waals surface area contributed by atoms with E-state index in [2.05, 4.69) is 4.98 Å². The molecule has 1 aromatic carbocycles. The zero-order valence-electron chi connectivity index (χ0n) is 21.9. The van der Waals surface area contributed by atoms with Crippen molar-refractivity contribution in [3.63, 3.8) is 0 Å². The van der Waals surface area contributed by atoms with Crippen LogP contribution in [0.4, 0.5) is 18.0 Å². The lowest BCUT2D eigenvalue weighted by molar-refractivity contribution is -0.137. The molecule has 16 heteroatoms. The van der Waals surface area contributed by atoms with E-state index in [4.69, 9.17) is 30.5 Å². The Morgan fingerprint density at radius 2 is 1.85 bits per heavy atom. The molecule has 1 fully saturated rings. The maximum Gasteiger partial charge on any atom is 0.421 e. The van der Waals surface area contributed by atoms with Crippen molar-refractivity contribution in [1.82, 2.24) is 18.9 Å². The minimum absolute atomic E-state index is 0.116. The number of aromatic nitrogens is 1. The molecule has 1 aliphatic rings. The second-order valence-electron chi connectivity index (χ2n) is 8.77. The third-order valence-corrected chi connectivity index (χ3v) is 7.51. The minimum atomic E-state index is -4.62. The Morgan fingerprint density at radius 1 is 1.12 bits per heavy atom. The lowest BCUT2D eigenvalue weighted by Crippen LogP contribution is -2.52. The largest absolute Gasteiger partial charge is 0.491 e. The third kappa shape index (κ3) is 9.37. The standard InChI is InChI=1S/C24H30ClF3N4O7S/c1-31-7-9-32(10-8-31)40(34,35)30-23(33)38-11-3-4-17-5-6-19(37-13-12-36-2)15-21(17)39-22-20(25)14-18(16-29-22)24(26,27)28/h5-6,14-16H,3-4,7-13H2,1-2H3,(H,30,33). The number of nitrogens with one attached hydrogen (secondary N) is 1. The van der Waals surface area contributed by atoms with Crippen molar-refractivity contribution in [2.45, 2.75) is 19.0 Å². The van der Waals surface area contributed by atoms with Crippen LogP contribution in [0.2, 0.25) is 5.02 Å². The molecule has 0 saturated carbocycles. The first-order valence-electron chi connectivity index (χ1n) is 12.2. The highest BCUT2D eigenvalue weighted by Crippen LogP contribution is 2.36. The SMILES string of the molecule is COCCOc1ccc(CCCOC(=O)NS(=O)(=O)N2CCN(C)CC2)c(Oc2ncc(C(F)(F)F)cc2Cl)c1. The van der Waals surface area contributed by atoms with Gasteiger partial charge < -0.3 is 23.8 Å². The number of alkyl halides is 3. The molecule has 0 bridgehead atoms. The van der Waals surface area contributed by atoms with E-state index >= 15 is 0 Å². The zero-order chi connectivity index (χ0) is 29.3. The summed E-state index contributed by atoms with van der Waals surface area (Å²) in [6.45, 7) is 2.06. The fraction of sp³-hybridized carbons (Fsp3) is 0.500. The van der Waals surface area contributed by atoms with Gasteiger partial charge in [0.15, 0.2) is 0 Å². The van der Waals surface area contributed by atoms with Crippen molar-refractivity contribution in [2.75, 3.05) is 60.2 Å². The van der Waals surface area contributed by atoms with Crippen LogP contribution < -0.4 is 14.2 Å². The summed E-state index contributed by atoms with van der Waals surface area (Å²) in [5, 5.41) is -0.340. The van der Waals surface area contributed by atoms with E-state index in [0.717, 1.165) is 0 Å². The molecule has 0 unspecified atom stereocenters. The van der Waals surface area contributed by atoms with Gasteiger partial charge in [-0.2, -0.15) is 25.9 Å². The van der Waals surface area contributed by atoms with Crippen LogP contribution in [0.1, 0.15) is 17.5 Å². The van der Waals surface area contributed by atoms with Crippen LogP contribution in [-0.2, 0) is 32.3 Å². The number of pyridine rings is 1. The number of methoxy groups -OCH3 is 1. The number of ether oxygens (including phenoxy) is 4. The van der Waals surface area contributed by atoms with Gasteiger partial charge in [0, 0.05) is 45.6 Å². The van der Waals surface area contributed by atoms with Gasteiger partial charge in [0.25, 0.3) is 0 Å². The van der Waals surface area contributed by atoms with Crippen LogP contribution in [-0.4, -0.2) is 88.9 Å². The predicted molar refractivity (Wildman–Crippen MR) is 139 cm³/mol. The van der Waals surface area contributed by atoms with Crippen LogP contribution in [0.15, 0.2) is 30.5 Å². The number of hydrogen-bond donors (Lipinski definition) is 1. The smallest absolute Gasteiger partial charge is 0.421 e. The van der Waals surface area contributed by atoms with Crippen molar-refractivity contribution < 1.29 is 45.3 Å². The molecule has 1 N–H and O–H groups in total. The first-order chi connectivity index (χ1) is 18.9. The fourth-order valence-corrected chi connectivity index (χ4v) is 4.83. The molecule has 1 aromatic heterocycles. The molecule has 3 rings (SSSR count). The van der Waals surface area contributed by atoms with E-state index in [1.165, 1.54) is 17.5 Å². The van der Waals surface area contributed by atoms with Crippen LogP contribution in [0.25, 0.3) is 0 Å². The number of amides is 1. The monoisotopic (exact) mass is 610 g/mol. The summed E-state index contributed by atoms with van der Waals surface area (Å²) in [5.74, 6) is 0.379. The number of halogens is 4. The summed E-state index contributed by atoms with van der Waals surface area (Å²) >= 11 is 6.00. The first-order valence-corrected chi connectivity index (χ1v) is 14.0. The predicted octanol–water partition coefficient (Wildman–Crippen LogP) is 3.72. The van der Waals surface area contributed by atoms with Gasteiger partial charge in [-0.05, 0) is 37.6 Å². The molecule has 0 radical (unpaired) electrons. The summed E-state index contributed by atoms with van der Waals surface area (Å²) in [6.07, 6.45) is -4.53. The molecule has 222 valence electrons. The first kappa shape index (κ1) is 31.7. The molecular weight excluding hydrogens is 581 g/mol. The number of piperazine rings is 1. The molecule has 0 aliphatic carbocycles. The number of nitrogens with zero attached hydrogens (tertiary/aromatic N) is 3. The van der Waals surface area contributed by atoms with Crippen molar-refractivity contribution in [3.05, 3.63) is 46.6 Å². The van der Waals surface area contributed by atoms with Gasteiger partial charge in [0.2, 0.25) is 5.88 Å². The summed E-state index contributed by atoms with van der Waals surface area (Å²) in [5.41, 5.74) is -0.433. The van der Waals surface area contributed by atoms with E-state index in [1.54, 1.807) is 12.1 Å². The number of hydrogen-bond acceptors (Lipinski definition) is 9. The molecule has 0 atom stereocenters. The molecule has 11 nitrogen and oxygen atoms in total. The summed E-state index contributed by atoms with van der Waals surface area (Å²) < 4.78 is 88.1. The number of aryl methyl sites for hydroxylation is 1. The van der Waals surface area contributed by atoms with Crippen LogP contribution >= 0.6 is 11.6 Å². The maximum atomic E-state index is 13.0. The van der Waals surface area contributed by atoms with Crippen molar-refractivity contribution in [3.8, 4) is 17.4 Å². The fourth-order valence-electron chi connectivity index (χ4n) is 3.58. The molecule has 40 heavy (non-hydrogen) atoms. The van der Waals surface area contributed by atoms with Gasteiger partial charge in [-0.3, -0.25) is 0 Å². The van der Waals surface area contributed by atoms with Crippen LogP contribution in [0, 0.1) is 0 Å².